The van der Waals surface area contributed by atoms with Gasteiger partial charge in [-0.1, -0.05) is 42.1 Å². The van der Waals surface area contributed by atoms with Crippen molar-refractivity contribution in [2.45, 2.75) is 11.8 Å². The minimum atomic E-state index is -0.315. The Hall–Kier alpha value is -2.64. The lowest BCUT2D eigenvalue weighted by Crippen LogP contribution is -2.25. The van der Waals surface area contributed by atoms with Crippen LogP contribution < -0.4 is 5.48 Å². The molecule has 3 rings (SSSR count). The van der Waals surface area contributed by atoms with Crippen molar-refractivity contribution in [3.05, 3.63) is 72.2 Å². The number of nitrogens with zero attached hydrogens (tertiary/aromatic N) is 1. The van der Waals surface area contributed by atoms with E-state index in [0.29, 0.717) is 17.6 Å². The van der Waals surface area contributed by atoms with Crippen molar-refractivity contribution < 1.29 is 18.4 Å². The molecule has 1 amide bonds. The summed E-state index contributed by atoms with van der Waals surface area (Å²) in [5.41, 5.74) is 4.06. The molecule has 0 radical (unpaired) electrons. The monoisotopic (exact) mass is 358 g/mol. The first kappa shape index (κ1) is 17.2. The summed E-state index contributed by atoms with van der Waals surface area (Å²) in [4.78, 5) is 21.0. The molecule has 1 N–H and O–H groups in total. The average Bonchev–Trinajstić information content (AvgIpc) is 3.10. The van der Waals surface area contributed by atoms with Crippen molar-refractivity contribution in [1.82, 2.24) is 10.5 Å². The summed E-state index contributed by atoms with van der Waals surface area (Å²) in [5, 5.41) is 0.359. The van der Waals surface area contributed by atoms with Crippen molar-refractivity contribution in [3.8, 4) is 11.3 Å². The lowest BCUT2D eigenvalue weighted by atomic mass is 10.2. The first-order valence-corrected chi connectivity index (χ1v) is 8.48. The fourth-order valence-corrected chi connectivity index (χ4v) is 2.59. The van der Waals surface area contributed by atoms with Gasteiger partial charge in [-0.2, -0.15) is 0 Å². The molecule has 1 aromatic heterocycles. The molecule has 0 aliphatic rings. The van der Waals surface area contributed by atoms with Crippen molar-refractivity contribution in [2.75, 3.05) is 5.75 Å². The Morgan fingerprint density at radius 1 is 1.16 bits per heavy atom. The van der Waals surface area contributed by atoms with Gasteiger partial charge in [-0.05, 0) is 29.8 Å². The van der Waals surface area contributed by atoms with Gasteiger partial charge in [0.25, 0.3) is 11.1 Å². The number of hydrogen-bond acceptors (Lipinski definition) is 5. The SMILES string of the molecule is O=C(CSc1ncc(-c2ccc(F)cc2)o1)NOCc1ccccc1. The average molecular weight is 358 g/mol. The van der Waals surface area contributed by atoms with Crippen LogP contribution in [0.2, 0.25) is 0 Å². The molecule has 1 heterocycles. The third kappa shape index (κ3) is 5.17. The Bertz CT molecular complexity index is 822. The Labute approximate surface area is 148 Å². The molecule has 3 aromatic rings. The summed E-state index contributed by atoms with van der Waals surface area (Å²) in [6.07, 6.45) is 1.54. The second-order valence-corrected chi connectivity index (χ2v) is 6.01. The van der Waals surface area contributed by atoms with E-state index in [1.807, 2.05) is 30.3 Å². The van der Waals surface area contributed by atoms with Crippen molar-refractivity contribution in [3.63, 3.8) is 0 Å². The first-order valence-electron chi connectivity index (χ1n) is 7.50. The van der Waals surface area contributed by atoms with E-state index in [4.69, 9.17) is 9.25 Å². The smallest absolute Gasteiger partial charge is 0.256 e. The molecule has 128 valence electrons. The van der Waals surface area contributed by atoms with Crippen LogP contribution in [-0.2, 0) is 16.2 Å². The van der Waals surface area contributed by atoms with Gasteiger partial charge in [0.1, 0.15) is 5.82 Å². The Morgan fingerprint density at radius 3 is 2.68 bits per heavy atom. The number of oxazole rings is 1. The predicted molar refractivity (Wildman–Crippen MR) is 92.0 cm³/mol. The van der Waals surface area contributed by atoms with Gasteiger partial charge in [-0.15, -0.1) is 0 Å². The van der Waals surface area contributed by atoms with Crippen LogP contribution in [0, 0.1) is 5.82 Å². The van der Waals surface area contributed by atoms with Crippen LogP contribution >= 0.6 is 11.8 Å². The van der Waals surface area contributed by atoms with E-state index < -0.39 is 0 Å². The highest BCUT2D eigenvalue weighted by molar-refractivity contribution is 7.99. The number of hydroxylamine groups is 1. The Morgan fingerprint density at radius 2 is 1.92 bits per heavy atom. The third-order valence-electron chi connectivity index (χ3n) is 3.21. The van der Waals surface area contributed by atoms with Crippen LogP contribution in [0.3, 0.4) is 0 Å². The maximum atomic E-state index is 12.9. The molecule has 0 saturated heterocycles. The van der Waals surface area contributed by atoms with E-state index in [9.17, 15) is 9.18 Å². The topological polar surface area (TPSA) is 64.4 Å². The highest BCUT2D eigenvalue weighted by Crippen LogP contribution is 2.25. The van der Waals surface area contributed by atoms with Crippen LogP contribution in [0.4, 0.5) is 4.39 Å². The number of carbonyl (C=O) groups excluding carboxylic acids is 1. The molecule has 0 atom stereocenters. The largest absolute Gasteiger partial charge is 0.431 e. The second kappa shape index (κ2) is 8.46. The molecule has 2 aromatic carbocycles. The molecule has 7 heteroatoms. The molecule has 5 nitrogen and oxygen atoms in total. The zero-order valence-electron chi connectivity index (χ0n) is 13.1. The number of amides is 1. The highest BCUT2D eigenvalue weighted by Gasteiger charge is 2.10. The zero-order chi connectivity index (χ0) is 17.5. The maximum Gasteiger partial charge on any atom is 0.256 e. The molecule has 0 unspecified atom stereocenters. The quantitative estimate of drug-likeness (QED) is 0.514. The summed E-state index contributed by atoms with van der Waals surface area (Å²) < 4.78 is 18.5. The lowest BCUT2D eigenvalue weighted by molar-refractivity contribution is -0.131. The summed E-state index contributed by atoms with van der Waals surface area (Å²) in [6.45, 7) is 0.297. The number of halogens is 1. The third-order valence-corrected chi connectivity index (χ3v) is 4.05. The van der Waals surface area contributed by atoms with Gasteiger partial charge in [-0.25, -0.2) is 14.9 Å². The molecule has 0 aliphatic carbocycles. The van der Waals surface area contributed by atoms with Crippen LogP contribution in [0.25, 0.3) is 11.3 Å². The van der Waals surface area contributed by atoms with Crippen LogP contribution in [0.15, 0.2) is 70.4 Å². The molecule has 0 bridgehead atoms. The Kier molecular flexibility index (Phi) is 5.81. The van der Waals surface area contributed by atoms with E-state index in [-0.39, 0.29) is 17.5 Å². The first-order chi connectivity index (χ1) is 12.2. The fourth-order valence-electron chi connectivity index (χ4n) is 2.00. The minimum absolute atomic E-state index is 0.109. The highest BCUT2D eigenvalue weighted by atomic mass is 32.2. The molecular formula is C18H15FN2O3S. The van der Waals surface area contributed by atoms with Gasteiger partial charge in [0.2, 0.25) is 0 Å². The minimum Gasteiger partial charge on any atom is -0.431 e. The summed E-state index contributed by atoms with van der Waals surface area (Å²) in [5.74, 6) is 0.0220. The molecule has 0 spiro atoms. The van der Waals surface area contributed by atoms with E-state index in [2.05, 4.69) is 10.5 Å². The summed E-state index contributed by atoms with van der Waals surface area (Å²) in [6, 6.07) is 15.4. The van der Waals surface area contributed by atoms with Gasteiger partial charge in [-0.3, -0.25) is 9.63 Å². The van der Waals surface area contributed by atoms with Gasteiger partial charge in [0, 0.05) is 5.56 Å². The van der Waals surface area contributed by atoms with Crippen molar-refractivity contribution >= 4 is 17.7 Å². The number of thioether (sulfide) groups is 1. The molecule has 0 fully saturated rings. The number of nitrogens with one attached hydrogen (secondary N) is 1. The maximum absolute atomic E-state index is 12.9. The van der Waals surface area contributed by atoms with Crippen LogP contribution in [0.5, 0.6) is 0 Å². The fraction of sp³-hybridized carbons (Fsp3) is 0.111. The molecular weight excluding hydrogens is 343 g/mol. The molecule has 25 heavy (non-hydrogen) atoms. The number of aromatic nitrogens is 1. The van der Waals surface area contributed by atoms with Gasteiger partial charge < -0.3 is 4.42 Å². The normalized spacial score (nSPS) is 10.6. The van der Waals surface area contributed by atoms with Crippen molar-refractivity contribution in [1.29, 1.82) is 0 Å². The lowest BCUT2D eigenvalue weighted by Gasteiger charge is -2.04. The number of benzene rings is 2. The van der Waals surface area contributed by atoms with E-state index in [1.54, 1.807) is 18.3 Å². The molecule has 0 aliphatic heterocycles. The zero-order valence-corrected chi connectivity index (χ0v) is 14.0. The summed E-state index contributed by atoms with van der Waals surface area (Å²) >= 11 is 1.15. The molecule has 0 saturated carbocycles. The van der Waals surface area contributed by atoms with Crippen molar-refractivity contribution in [2.24, 2.45) is 0 Å². The van der Waals surface area contributed by atoms with E-state index in [1.165, 1.54) is 12.1 Å². The standard InChI is InChI=1S/C18H15FN2O3S/c19-15-8-6-14(7-9-15)16-10-20-18(24-16)25-12-17(22)21-23-11-13-4-2-1-3-5-13/h1-10H,11-12H2,(H,21,22). The van der Waals surface area contributed by atoms with Gasteiger partial charge in [0.05, 0.1) is 18.6 Å². The number of carbonyl (C=O) groups is 1. The van der Waals surface area contributed by atoms with Gasteiger partial charge >= 0.3 is 0 Å². The second-order valence-electron chi connectivity index (χ2n) is 5.09. The van der Waals surface area contributed by atoms with Gasteiger partial charge in [0.15, 0.2) is 5.76 Å². The van der Waals surface area contributed by atoms with E-state index >= 15 is 0 Å². The predicted octanol–water partition coefficient (Wildman–Crippen LogP) is 3.82. The number of rotatable bonds is 7. The number of hydrogen-bond donors (Lipinski definition) is 1. The van der Waals surface area contributed by atoms with E-state index in [0.717, 1.165) is 22.9 Å². The Balaban J connectivity index is 1.44. The van der Waals surface area contributed by atoms with Crippen LogP contribution in [-0.4, -0.2) is 16.6 Å². The van der Waals surface area contributed by atoms with Crippen LogP contribution in [0.1, 0.15) is 5.56 Å². The summed E-state index contributed by atoms with van der Waals surface area (Å²) in [7, 11) is 0.